The summed E-state index contributed by atoms with van der Waals surface area (Å²) in [6.07, 6.45) is 7.53. The Morgan fingerprint density at radius 3 is 2.82 bits per heavy atom. The van der Waals surface area contributed by atoms with Gasteiger partial charge in [0.1, 0.15) is 6.17 Å². The van der Waals surface area contributed by atoms with E-state index in [4.69, 9.17) is 5.26 Å². The van der Waals surface area contributed by atoms with Crippen molar-refractivity contribution in [3.8, 4) is 6.07 Å². The molecule has 0 spiro atoms. The van der Waals surface area contributed by atoms with Gasteiger partial charge < -0.3 is 10.3 Å². The van der Waals surface area contributed by atoms with Gasteiger partial charge in [-0.25, -0.2) is 5.43 Å². The van der Waals surface area contributed by atoms with E-state index >= 15 is 0 Å². The maximum atomic E-state index is 9.16. The molecule has 4 rings (SSSR count). The van der Waals surface area contributed by atoms with Crippen molar-refractivity contribution >= 4 is 16.5 Å². The van der Waals surface area contributed by atoms with Crippen molar-refractivity contribution in [2.24, 2.45) is 0 Å². The summed E-state index contributed by atoms with van der Waals surface area (Å²) < 4.78 is 0. The fourth-order valence-corrected chi connectivity index (χ4v) is 2.78. The number of hydrazine groups is 1. The number of allylic oxidation sites excluding steroid dienone is 2. The molecule has 22 heavy (non-hydrogen) atoms. The molecule has 0 fully saturated rings. The number of hydrogen-bond donors (Lipinski definition) is 2. The number of rotatable bonds is 1. The summed E-state index contributed by atoms with van der Waals surface area (Å²) in [5.74, 6) is 0. The van der Waals surface area contributed by atoms with Crippen molar-refractivity contribution < 1.29 is 0 Å². The molecule has 0 saturated heterocycles. The van der Waals surface area contributed by atoms with Crippen molar-refractivity contribution in [1.29, 1.82) is 5.26 Å². The Bertz CT molecular complexity index is 870. The lowest BCUT2D eigenvalue weighted by Crippen LogP contribution is -2.52. The molecule has 2 N–H and O–H groups in total. The van der Waals surface area contributed by atoms with Crippen molar-refractivity contribution in [3.05, 3.63) is 78.2 Å². The largest absolute Gasteiger partial charge is 0.330 e. The first-order valence-corrected chi connectivity index (χ1v) is 7.13. The van der Waals surface area contributed by atoms with Crippen molar-refractivity contribution in [2.45, 2.75) is 6.17 Å². The van der Waals surface area contributed by atoms with Crippen LogP contribution in [-0.4, -0.2) is 11.1 Å². The first-order valence-electron chi connectivity index (χ1n) is 7.13. The van der Waals surface area contributed by atoms with E-state index in [2.05, 4.69) is 47.3 Å². The predicted molar refractivity (Wildman–Crippen MR) is 86.7 cm³/mol. The second-order valence-corrected chi connectivity index (χ2v) is 5.30. The zero-order valence-electron chi connectivity index (χ0n) is 11.8. The third-order valence-corrected chi connectivity index (χ3v) is 3.94. The highest BCUT2D eigenvalue weighted by molar-refractivity contribution is 5.86. The topological polar surface area (TPSA) is 51.1 Å². The average Bonchev–Trinajstić information content (AvgIpc) is 2.60. The zero-order chi connectivity index (χ0) is 14.9. The Morgan fingerprint density at radius 1 is 1.09 bits per heavy atom. The Kier molecular flexibility index (Phi) is 2.92. The lowest BCUT2D eigenvalue weighted by atomic mass is 10.0. The molecule has 0 amide bonds. The molecule has 2 aliphatic rings. The monoisotopic (exact) mass is 286 g/mol. The van der Waals surface area contributed by atoms with Crippen LogP contribution in [0.15, 0.2) is 72.6 Å². The van der Waals surface area contributed by atoms with Crippen molar-refractivity contribution in [2.75, 3.05) is 0 Å². The summed E-state index contributed by atoms with van der Waals surface area (Å²) in [6, 6.07) is 16.9. The van der Waals surface area contributed by atoms with Gasteiger partial charge in [0, 0.05) is 18.0 Å². The normalized spacial score (nSPS) is 19.8. The molecule has 2 aromatic carbocycles. The number of benzene rings is 2. The van der Waals surface area contributed by atoms with Crippen LogP contribution in [0.4, 0.5) is 0 Å². The predicted octanol–water partition coefficient (Wildman–Crippen LogP) is 2.85. The first kappa shape index (κ1) is 12.7. The summed E-state index contributed by atoms with van der Waals surface area (Å²) >= 11 is 0. The molecule has 0 aromatic heterocycles. The highest BCUT2D eigenvalue weighted by Crippen LogP contribution is 2.24. The lowest BCUT2D eigenvalue weighted by Gasteiger charge is -2.35. The minimum Gasteiger partial charge on any atom is -0.330 e. The van der Waals surface area contributed by atoms with Crippen LogP contribution < -0.4 is 10.9 Å². The summed E-state index contributed by atoms with van der Waals surface area (Å²) in [6.45, 7) is 0. The molecule has 2 aromatic rings. The van der Waals surface area contributed by atoms with Crippen molar-refractivity contribution in [1.82, 2.24) is 15.8 Å². The molecule has 4 nitrogen and oxygen atoms in total. The first-order chi connectivity index (χ1) is 10.8. The summed E-state index contributed by atoms with van der Waals surface area (Å²) in [5.41, 5.74) is 9.16. The van der Waals surface area contributed by atoms with Crippen LogP contribution in [0.1, 0.15) is 5.56 Å². The van der Waals surface area contributed by atoms with Gasteiger partial charge in [0.15, 0.2) is 0 Å². The Hall–Kier alpha value is -3.03. The second kappa shape index (κ2) is 5.06. The number of nitrogens with one attached hydrogen (secondary N) is 2. The fraction of sp³-hybridized carbons (Fsp3) is 0.0556. The van der Waals surface area contributed by atoms with Gasteiger partial charge in [0.2, 0.25) is 0 Å². The van der Waals surface area contributed by atoms with Gasteiger partial charge in [0.25, 0.3) is 0 Å². The maximum absolute atomic E-state index is 9.16. The van der Waals surface area contributed by atoms with E-state index in [-0.39, 0.29) is 6.17 Å². The van der Waals surface area contributed by atoms with Crippen LogP contribution in [0.2, 0.25) is 0 Å². The van der Waals surface area contributed by atoms with Gasteiger partial charge in [-0.1, -0.05) is 36.4 Å². The minimum atomic E-state index is -0.154. The molecule has 0 aliphatic carbocycles. The smallest absolute Gasteiger partial charge is 0.136 e. The number of nitriles is 1. The molecule has 2 heterocycles. The molecule has 106 valence electrons. The second-order valence-electron chi connectivity index (χ2n) is 5.30. The van der Waals surface area contributed by atoms with Crippen LogP contribution in [-0.2, 0) is 0 Å². The molecule has 0 bridgehead atoms. The van der Waals surface area contributed by atoms with Crippen LogP contribution in [0.5, 0.6) is 0 Å². The van der Waals surface area contributed by atoms with E-state index in [0.717, 1.165) is 11.3 Å². The van der Waals surface area contributed by atoms with E-state index in [1.807, 2.05) is 41.6 Å². The quantitative estimate of drug-likeness (QED) is 0.846. The number of fused-ring (bicyclic) bond motifs is 2. The van der Waals surface area contributed by atoms with E-state index in [0.29, 0.717) is 5.57 Å². The molecule has 4 heteroatoms. The van der Waals surface area contributed by atoms with Crippen LogP contribution in [0, 0.1) is 11.3 Å². The third-order valence-electron chi connectivity index (χ3n) is 3.94. The van der Waals surface area contributed by atoms with E-state index < -0.39 is 0 Å². The van der Waals surface area contributed by atoms with Gasteiger partial charge in [-0.15, -0.1) is 0 Å². The van der Waals surface area contributed by atoms with Gasteiger partial charge in [-0.05, 0) is 29.0 Å². The Balaban J connectivity index is 1.71. The van der Waals surface area contributed by atoms with E-state index in [1.54, 1.807) is 0 Å². The zero-order valence-corrected chi connectivity index (χ0v) is 11.8. The minimum absolute atomic E-state index is 0.154. The molecule has 0 radical (unpaired) electrons. The Morgan fingerprint density at radius 2 is 1.95 bits per heavy atom. The third kappa shape index (κ3) is 2.05. The summed E-state index contributed by atoms with van der Waals surface area (Å²) in [5, 5.41) is 11.6. The molecule has 2 aliphatic heterocycles. The Labute approximate surface area is 128 Å². The molecule has 1 unspecified atom stereocenters. The van der Waals surface area contributed by atoms with E-state index in [9.17, 15) is 0 Å². The standard InChI is InChI=1S/C18H14N4/c19-11-16-6-3-9-22-12-17(20-21-18(16)22)15-8-7-13-4-1-2-5-14(13)10-15/h1-10,12,18,20-21H. The summed E-state index contributed by atoms with van der Waals surface area (Å²) in [4.78, 5) is 2.00. The van der Waals surface area contributed by atoms with Crippen LogP contribution >= 0.6 is 0 Å². The molecular formula is C18H14N4. The molecular weight excluding hydrogens is 272 g/mol. The summed E-state index contributed by atoms with van der Waals surface area (Å²) in [7, 11) is 0. The SMILES string of the molecule is N#CC1=CC=CN2C=C(c3ccc4ccccc4c3)NNC12. The average molecular weight is 286 g/mol. The van der Waals surface area contributed by atoms with Crippen molar-refractivity contribution in [3.63, 3.8) is 0 Å². The van der Waals surface area contributed by atoms with E-state index in [1.165, 1.54) is 10.8 Å². The highest BCUT2D eigenvalue weighted by atomic mass is 15.5. The number of hydrogen-bond acceptors (Lipinski definition) is 4. The molecule has 1 atom stereocenters. The van der Waals surface area contributed by atoms with Crippen LogP contribution in [0.3, 0.4) is 0 Å². The van der Waals surface area contributed by atoms with Gasteiger partial charge in [-0.2, -0.15) is 5.26 Å². The lowest BCUT2D eigenvalue weighted by molar-refractivity contribution is 0.310. The highest BCUT2D eigenvalue weighted by Gasteiger charge is 2.25. The fourth-order valence-electron chi connectivity index (χ4n) is 2.78. The maximum Gasteiger partial charge on any atom is 0.136 e. The number of nitrogens with zero attached hydrogens (tertiary/aromatic N) is 2. The molecule has 0 saturated carbocycles. The van der Waals surface area contributed by atoms with Gasteiger partial charge >= 0.3 is 0 Å². The van der Waals surface area contributed by atoms with Crippen LogP contribution in [0.25, 0.3) is 16.5 Å². The van der Waals surface area contributed by atoms with Gasteiger partial charge in [-0.3, -0.25) is 0 Å². The van der Waals surface area contributed by atoms with Gasteiger partial charge in [0.05, 0.1) is 17.3 Å².